The summed E-state index contributed by atoms with van der Waals surface area (Å²) in [5, 5.41) is -0.831. The third-order valence-electron chi connectivity index (χ3n) is 5.12. The van der Waals surface area contributed by atoms with Crippen LogP contribution in [0.4, 0.5) is 13.2 Å². The van der Waals surface area contributed by atoms with Gasteiger partial charge in [-0.05, 0) is 26.3 Å². The average molecular weight is 546 g/mol. The summed E-state index contributed by atoms with van der Waals surface area (Å²) >= 11 is 4.26. The van der Waals surface area contributed by atoms with E-state index >= 15 is 0 Å². The first kappa shape index (κ1) is 24.3. The van der Waals surface area contributed by atoms with Gasteiger partial charge in [0.05, 0.1) is 0 Å². The number of halogens is 4. The number of esters is 1. The van der Waals surface area contributed by atoms with Gasteiger partial charge in [-0.25, -0.2) is 4.79 Å². The fourth-order valence-corrected chi connectivity index (χ4v) is 6.80. The number of alkyl halides is 4. The molecule has 2 saturated heterocycles. The number of fused-ring (bicyclic) bond motifs is 1. The molecule has 7 nitrogen and oxygen atoms in total. The van der Waals surface area contributed by atoms with Gasteiger partial charge < -0.3 is 9.64 Å². The molecule has 1 amide bonds. The second-order valence-corrected chi connectivity index (χ2v) is 12.3. The Morgan fingerprint density at radius 3 is 2.42 bits per heavy atom. The number of nitrogens with zero attached hydrogens (tertiary/aromatic N) is 1. The predicted octanol–water partition coefficient (Wildman–Crippen LogP) is 3.18. The van der Waals surface area contributed by atoms with Gasteiger partial charge in [-0.15, -0.1) is 11.8 Å². The fraction of sp³-hybridized carbons (Fsp3) is 0.556. The third-order valence-corrected chi connectivity index (χ3v) is 9.60. The first-order valence-electron chi connectivity index (χ1n) is 9.02. The molecule has 3 rings (SSSR count). The second-order valence-electron chi connectivity index (χ2n) is 7.69. The van der Waals surface area contributed by atoms with E-state index < -0.39 is 54.1 Å². The number of rotatable bonds is 6. The summed E-state index contributed by atoms with van der Waals surface area (Å²) in [5.41, 5.74) is -4.87. The van der Waals surface area contributed by atoms with E-state index in [1.165, 1.54) is 4.90 Å². The average Bonchev–Trinajstić information content (AvgIpc) is 2.94. The van der Waals surface area contributed by atoms with Crippen LogP contribution in [0.25, 0.3) is 0 Å². The zero-order valence-corrected chi connectivity index (χ0v) is 19.8. The molecule has 31 heavy (non-hydrogen) atoms. The monoisotopic (exact) mass is 545 g/mol. The number of thioether (sulfide) groups is 1. The van der Waals surface area contributed by atoms with Gasteiger partial charge in [-0.1, -0.05) is 46.3 Å². The van der Waals surface area contributed by atoms with Crippen LogP contribution in [0.5, 0.6) is 0 Å². The van der Waals surface area contributed by atoms with E-state index in [2.05, 4.69) is 20.1 Å². The van der Waals surface area contributed by atoms with Crippen molar-refractivity contribution in [2.75, 3.05) is 0 Å². The van der Waals surface area contributed by atoms with Crippen LogP contribution in [0.15, 0.2) is 30.3 Å². The molecule has 13 heteroatoms. The van der Waals surface area contributed by atoms with Gasteiger partial charge >= 0.3 is 21.6 Å². The van der Waals surface area contributed by atoms with Gasteiger partial charge in [-0.2, -0.15) is 21.6 Å². The topological polar surface area (TPSA) is 90.0 Å². The normalized spacial score (nSPS) is 28.6. The molecule has 2 aliphatic rings. The number of benzene rings is 1. The minimum Gasteiger partial charge on any atom is -0.459 e. The molecule has 0 aromatic heterocycles. The van der Waals surface area contributed by atoms with Crippen molar-refractivity contribution < 1.29 is 40.1 Å². The highest BCUT2D eigenvalue weighted by atomic mass is 79.9. The minimum absolute atomic E-state index is 0.00753. The van der Waals surface area contributed by atoms with Crippen molar-refractivity contribution in [1.29, 1.82) is 0 Å². The van der Waals surface area contributed by atoms with Crippen LogP contribution in [0.3, 0.4) is 0 Å². The van der Waals surface area contributed by atoms with Gasteiger partial charge in [0, 0.05) is 4.75 Å². The number of hydrogen-bond acceptors (Lipinski definition) is 7. The summed E-state index contributed by atoms with van der Waals surface area (Å²) in [6.07, 6.45) is -1.67. The van der Waals surface area contributed by atoms with Gasteiger partial charge in [0.25, 0.3) is 0 Å². The van der Waals surface area contributed by atoms with Crippen molar-refractivity contribution in [3.8, 4) is 0 Å². The first-order valence-corrected chi connectivity index (χ1v) is 12.1. The van der Waals surface area contributed by atoms with Crippen molar-refractivity contribution in [1.82, 2.24) is 4.90 Å². The summed E-state index contributed by atoms with van der Waals surface area (Å²) in [6, 6.07) is 7.90. The Labute approximate surface area is 189 Å². The lowest BCUT2D eigenvalue weighted by molar-refractivity contribution is -0.167. The lowest BCUT2D eigenvalue weighted by Crippen LogP contribution is -2.74. The Kier molecular flexibility index (Phi) is 6.22. The molecule has 0 N–H and O–H groups in total. The van der Waals surface area contributed by atoms with Gasteiger partial charge in [-0.3, -0.25) is 8.98 Å². The Morgan fingerprint density at radius 2 is 1.87 bits per heavy atom. The van der Waals surface area contributed by atoms with Crippen LogP contribution < -0.4 is 0 Å². The summed E-state index contributed by atoms with van der Waals surface area (Å²) in [7, 11) is -5.91. The standard InChI is InChI=1S/C18H19BrF3NO6S2/c1-10(29-31(26,27)18(20,21)22)17(19)14(25)23-12(16(2,3)30-15(17)23)13(24)28-9-11-7-5-4-6-8-11/h4-8,10,12,15H,9H2,1-3H3/t10?,12-,15+,17-/m0/s1. The molecule has 2 heterocycles. The molecule has 1 unspecified atom stereocenters. The maximum absolute atomic E-state index is 12.9. The number of β-lactam (4-membered cyclic amide) rings is 1. The summed E-state index contributed by atoms with van der Waals surface area (Å²) < 4.78 is 67.9. The molecule has 0 saturated carbocycles. The van der Waals surface area contributed by atoms with Crippen LogP contribution in [-0.4, -0.2) is 57.3 Å². The van der Waals surface area contributed by atoms with Gasteiger partial charge in [0.2, 0.25) is 5.91 Å². The highest BCUT2D eigenvalue weighted by Crippen LogP contribution is 2.59. The van der Waals surface area contributed by atoms with Crippen LogP contribution in [-0.2, 0) is 35.2 Å². The van der Waals surface area contributed by atoms with Crippen LogP contribution in [0.2, 0.25) is 0 Å². The quantitative estimate of drug-likeness (QED) is 0.178. The van der Waals surface area contributed by atoms with E-state index in [4.69, 9.17) is 4.74 Å². The van der Waals surface area contributed by atoms with Crippen molar-refractivity contribution in [3.05, 3.63) is 35.9 Å². The van der Waals surface area contributed by atoms with Gasteiger partial charge in [0.15, 0.2) is 4.32 Å². The molecule has 1 aromatic rings. The number of carbonyl (C=O) groups is 2. The van der Waals surface area contributed by atoms with E-state index in [-0.39, 0.29) is 6.61 Å². The Morgan fingerprint density at radius 1 is 1.29 bits per heavy atom. The summed E-state index contributed by atoms with van der Waals surface area (Å²) in [6.45, 7) is 4.44. The predicted molar refractivity (Wildman–Crippen MR) is 110 cm³/mol. The number of hydrogen-bond donors (Lipinski definition) is 0. The van der Waals surface area contributed by atoms with E-state index in [0.29, 0.717) is 0 Å². The van der Waals surface area contributed by atoms with Crippen LogP contribution in [0, 0.1) is 0 Å². The lowest BCUT2D eigenvalue weighted by atomic mass is 9.88. The highest BCUT2D eigenvalue weighted by molar-refractivity contribution is 9.10. The maximum atomic E-state index is 12.9. The number of amides is 1. The molecular formula is C18H19BrF3NO6S2. The van der Waals surface area contributed by atoms with Crippen molar-refractivity contribution >= 4 is 49.7 Å². The molecule has 0 radical (unpaired) electrons. The zero-order valence-electron chi connectivity index (χ0n) is 16.6. The van der Waals surface area contributed by atoms with E-state index in [0.717, 1.165) is 24.2 Å². The fourth-order valence-electron chi connectivity index (χ4n) is 3.52. The largest absolute Gasteiger partial charge is 0.523 e. The summed E-state index contributed by atoms with van der Waals surface area (Å²) in [5.74, 6) is -1.41. The number of ether oxygens (including phenoxy) is 1. The molecule has 172 valence electrons. The Balaban J connectivity index is 1.77. The zero-order chi connectivity index (χ0) is 23.4. The molecular weight excluding hydrogens is 527 g/mol. The van der Waals surface area contributed by atoms with E-state index in [1.54, 1.807) is 38.1 Å². The summed E-state index contributed by atoms with van der Waals surface area (Å²) in [4.78, 5) is 26.9. The van der Waals surface area contributed by atoms with Crippen molar-refractivity contribution in [3.63, 3.8) is 0 Å². The molecule has 0 bridgehead atoms. The minimum atomic E-state index is -5.91. The first-order chi connectivity index (χ1) is 14.1. The molecule has 4 atom stereocenters. The molecule has 1 aromatic carbocycles. The van der Waals surface area contributed by atoms with Crippen molar-refractivity contribution in [2.45, 2.75) is 59.5 Å². The highest BCUT2D eigenvalue weighted by Gasteiger charge is 2.73. The Hall–Kier alpha value is -1.31. The van der Waals surface area contributed by atoms with Crippen molar-refractivity contribution in [2.24, 2.45) is 0 Å². The van der Waals surface area contributed by atoms with Gasteiger partial charge in [0.1, 0.15) is 24.1 Å². The molecule has 0 spiro atoms. The van der Waals surface area contributed by atoms with Crippen LogP contribution >= 0.6 is 27.7 Å². The molecule has 0 aliphatic carbocycles. The van der Waals surface area contributed by atoms with E-state index in [9.17, 15) is 31.2 Å². The number of carbonyl (C=O) groups excluding carboxylic acids is 2. The molecule has 2 aliphatic heterocycles. The third kappa shape index (κ3) is 4.09. The SMILES string of the molecule is CC(OS(=O)(=O)C(F)(F)F)[C@]1(Br)C(=O)N2[C@@H](C(=O)OCc3ccccc3)C(C)(C)S[C@@H]21. The second kappa shape index (κ2) is 7.92. The lowest BCUT2D eigenvalue weighted by Gasteiger charge is -2.51. The Bertz CT molecular complexity index is 988. The van der Waals surface area contributed by atoms with Crippen LogP contribution in [0.1, 0.15) is 26.3 Å². The maximum Gasteiger partial charge on any atom is 0.523 e. The van der Waals surface area contributed by atoms with E-state index in [1.807, 2.05) is 6.07 Å². The smallest absolute Gasteiger partial charge is 0.459 e. The molecule has 2 fully saturated rings.